The molecule has 0 spiro atoms. The molecule has 1 atom stereocenters. The van der Waals surface area contributed by atoms with Gasteiger partial charge in [-0.25, -0.2) is 0 Å². The van der Waals surface area contributed by atoms with E-state index < -0.39 is 11.9 Å². The number of rotatable bonds is 8. The zero-order valence-electron chi connectivity index (χ0n) is 15.9. The van der Waals surface area contributed by atoms with Crippen LogP contribution in [0.4, 0.5) is 0 Å². The summed E-state index contributed by atoms with van der Waals surface area (Å²) >= 11 is 0. The van der Waals surface area contributed by atoms with Crippen LogP contribution >= 0.6 is 0 Å². The number of furan rings is 1. The van der Waals surface area contributed by atoms with Crippen LogP contribution in [0, 0.1) is 19.8 Å². The summed E-state index contributed by atoms with van der Waals surface area (Å²) in [6.45, 7) is 6.03. The Labute approximate surface area is 158 Å². The Morgan fingerprint density at radius 3 is 2.63 bits per heavy atom. The smallest absolute Gasteiger partial charge is 0.308 e. The number of nitrogens with zero attached hydrogens (tertiary/aromatic N) is 1. The number of benzene rings is 1. The average molecular weight is 371 g/mol. The molecule has 0 bridgehead atoms. The van der Waals surface area contributed by atoms with Crippen molar-refractivity contribution in [3.05, 3.63) is 53.0 Å². The highest BCUT2D eigenvalue weighted by molar-refractivity contribution is 5.92. The third-order valence-electron chi connectivity index (χ3n) is 4.71. The van der Waals surface area contributed by atoms with Crippen LogP contribution in [0.15, 0.2) is 34.7 Å². The first-order valence-corrected chi connectivity index (χ1v) is 9.17. The number of hydrogen-bond acceptors (Lipinski definition) is 4. The third-order valence-corrected chi connectivity index (χ3v) is 4.71. The number of ether oxygens (including phenoxy) is 1. The summed E-state index contributed by atoms with van der Waals surface area (Å²) < 4.78 is 11.5. The molecule has 1 heterocycles. The van der Waals surface area contributed by atoms with Gasteiger partial charge < -0.3 is 19.2 Å². The van der Waals surface area contributed by atoms with E-state index in [9.17, 15) is 9.59 Å². The topological polar surface area (TPSA) is 80.0 Å². The van der Waals surface area contributed by atoms with E-state index in [0.29, 0.717) is 5.76 Å². The lowest BCUT2D eigenvalue weighted by molar-refractivity contribution is -0.141. The van der Waals surface area contributed by atoms with Crippen LogP contribution in [0.2, 0.25) is 0 Å². The Hall–Kier alpha value is -2.76. The van der Waals surface area contributed by atoms with E-state index >= 15 is 0 Å². The second-order valence-electron chi connectivity index (χ2n) is 7.25. The SMILES string of the molecule is Cc1ccc(OCc2ccc(C(=O)N(CC(C)C(=O)O)C3CC3)o2)c(C)c1. The van der Waals surface area contributed by atoms with Crippen LogP contribution in [0.1, 0.15) is 47.2 Å². The lowest BCUT2D eigenvalue weighted by atomic mass is 10.1. The maximum absolute atomic E-state index is 12.8. The van der Waals surface area contributed by atoms with Crippen LogP contribution in [0.3, 0.4) is 0 Å². The van der Waals surface area contributed by atoms with E-state index in [-0.39, 0.29) is 30.9 Å². The standard InChI is InChI=1S/C21H25NO5/c1-13-4-8-18(14(2)10-13)26-12-17-7-9-19(27-17)20(23)22(16-5-6-16)11-15(3)21(24)25/h4,7-10,15-16H,5-6,11-12H2,1-3H3,(H,24,25). The number of carboxylic acids is 1. The summed E-state index contributed by atoms with van der Waals surface area (Å²) in [5.41, 5.74) is 2.21. The minimum atomic E-state index is -0.907. The second-order valence-corrected chi connectivity index (χ2v) is 7.25. The molecular weight excluding hydrogens is 346 g/mol. The molecule has 2 aromatic rings. The molecule has 0 radical (unpaired) electrons. The van der Waals surface area contributed by atoms with Crippen LogP contribution < -0.4 is 4.74 Å². The monoisotopic (exact) mass is 371 g/mol. The van der Waals surface area contributed by atoms with Crippen molar-refractivity contribution in [2.24, 2.45) is 5.92 Å². The predicted octanol–water partition coefficient (Wildman–Crippen LogP) is 3.80. The van der Waals surface area contributed by atoms with E-state index in [2.05, 4.69) is 0 Å². The van der Waals surface area contributed by atoms with Gasteiger partial charge in [0, 0.05) is 12.6 Å². The van der Waals surface area contributed by atoms with Crippen molar-refractivity contribution in [3.8, 4) is 5.75 Å². The van der Waals surface area contributed by atoms with Gasteiger partial charge in [0.05, 0.1) is 5.92 Å². The van der Waals surface area contributed by atoms with E-state index in [0.717, 1.165) is 24.2 Å². The van der Waals surface area contributed by atoms with Crippen LogP contribution in [-0.4, -0.2) is 34.5 Å². The predicted molar refractivity (Wildman–Crippen MR) is 99.8 cm³/mol. The van der Waals surface area contributed by atoms with E-state index in [4.69, 9.17) is 14.3 Å². The van der Waals surface area contributed by atoms with Crippen molar-refractivity contribution in [2.75, 3.05) is 6.54 Å². The fourth-order valence-electron chi connectivity index (χ4n) is 2.98. The fourth-order valence-corrected chi connectivity index (χ4v) is 2.98. The number of carboxylic acid groups (broad SMARTS) is 1. The Bertz CT molecular complexity index is 837. The van der Waals surface area contributed by atoms with E-state index in [1.165, 1.54) is 5.56 Å². The number of carbonyl (C=O) groups is 2. The van der Waals surface area contributed by atoms with Crippen molar-refractivity contribution in [1.82, 2.24) is 4.90 Å². The molecule has 1 aromatic carbocycles. The minimum Gasteiger partial charge on any atom is -0.485 e. The molecule has 1 fully saturated rings. The zero-order valence-corrected chi connectivity index (χ0v) is 15.9. The molecular formula is C21H25NO5. The van der Waals surface area contributed by atoms with Crippen LogP contribution in [0.25, 0.3) is 0 Å². The molecule has 1 amide bonds. The summed E-state index contributed by atoms with van der Waals surface area (Å²) in [5, 5.41) is 9.13. The quantitative estimate of drug-likeness (QED) is 0.763. The fraction of sp³-hybridized carbons (Fsp3) is 0.429. The maximum atomic E-state index is 12.8. The van der Waals surface area contributed by atoms with E-state index in [1.54, 1.807) is 24.0 Å². The molecule has 1 aromatic heterocycles. The molecule has 1 aliphatic carbocycles. The highest BCUT2D eigenvalue weighted by atomic mass is 16.5. The lowest BCUT2D eigenvalue weighted by Gasteiger charge is -2.23. The van der Waals surface area contributed by atoms with Crippen molar-refractivity contribution in [3.63, 3.8) is 0 Å². The van der Waals surface area contributed by atoms with Gasteiger partial charge in [-0.1, -0.05) is 24.6 Å². The van der Waals surface area contributed by atoms with Gasteiger partial charge in [-0.2, -0.15) is 0 Å². The number of aryl methyl sites for hydroxylation is 2. The second kappa shape index (κ2) is 7.86. The summed E-state index contributed by atoms with van der Waals surface area (Å²) in [6, 6.07) is 9.41. The van der Waals surface area contributed by atoms with Gasteiger partial charge in [-0.05, 0) is 50.5 Å². The van der Waals surface area contributed by atoms with Crippen LogP contribution in [0.5, 0.6) is 5.75 Å². The van der Waals surface area contributed by atoms with Gasteiger partial charge in [0.25, 0.3) is 5.91 Å². The summed E-state index contributed by atoms with van der Waals surface area (Å²) in [7, 11) is 0. The van der Waals surface area contributed by atoms with Crippen molar-refractivity contribution in [2.45, 2.75) is 46.3 Å². The van der Waals surface area contributed by atoms with Gasteiger partial charge in [-0.3, -0.25) is 9.59 Å². The largest absolute Gasteiger partial charge is 0.485 e. The Morgan fingerprint density at radius 1 is 1.26 bits per heavy atom. The summed E-state index contributed by atoms with van der Waals surface area (Å²) in [6.07, 6.45) is 1.81. The normalized spacial score (nSPS) is 14.6. The minimum absolute atomic E-state index is 0.110. The number of amides is 1. The van der Waals surface area contributed by atoms with Gasteiger partial charge in [-0.15, -0.1) is 0 Å². The summed E-state index contributed by atoms with van der Waals surface area (Å²) in [5.74, 6) is -0.227. The lowest BCUT2D eigenvalue weighted by Crippen LogP contribution is -2.38. The van der Waals surface area contributed by atoms with Gasteiger partial charge in [0.2, 0.25) is 0 Å². The first-order valence-electron chi connectivity index (χ1n) is 9.17. The van der Waals surface area contributed by atoms with Gasteiger partial charge in [0.1, 0.15) is 18.1 Å². The highest BCUT2D eigenvalue weighted by Crippen LogP contribution is 2.29. The number of aliphatic carboxylic acids is 1. The molecule has 1 aliphatic rings. The van der Waals surface area contributed by atoms with Crippen LogP contribution in [-0.2, 0) is 11.4 Å². The number of hydrogen-bond donors (Lipinski definition) is 1. The van der Waals surface area contributed by atoms with Crippen molar-refractivity contribution in [1.29, 1.82) is 0 Å². The first kappa shape index (κ1) is 19.0. The van der Waals surface area contributed by atoms with Gasteiger partial charge >= 0.3 is 5.97 Å². The molecule has 3 rings (SSSR count). The Morgan fingerprint density at radius 2 is 2.00 bits per heavy atom. The molecule has 0 saturated heterocycles. The van der Waals surface area contributed by atoms with Crippen molar-refractivity contribution < 1.29 is 23.8 Å². The molecule has 27 heavy (non-hydrogen) atoms. The molecule has 1 unspecified atom stereocenters. The first-order chi connectivity index (χ1) is 12.8. The Kier molecular flexibility index (Phi) is 5.54. The summed E-state index contributed by atoms with van der Waals surface area (Å²) in [4.78, 5) is 25.5. The molecule has 1 N–H and O–H groups in total. The molecule has 144 valence electrons. The maximum Gasteiger partial charge on any atom is 0.308 e. The van der Waals surface area contributed by atoms with Crippen molar-refractivity contribution >= 4 is 11.9 Å². The Balaban J connectivity index is 1.65. The third kappa shape index (κ3) is 4.70. The zero-order chi connectivity index (χ0) is 19.6. The molecule has 6 heteroatoms. The highest BCUT2D eigenvalue weighted by Gasteiger charge is 2.36. The molecule has 6 nitrogen and oxygen atoms in total. The number of carbonyl (C=O) groups excluding carboxylic acids is 1. The van der Waals surface area contributed by atoms with E-state index in [1.807, 2.05) is 32.0 Å². The average Bonchev–Trinajstić information content (AvgIpc) is 3.35. The molecule has 1 saturated carbocycles. The molecule has 0 aliphatic heterocycles. The van der Waals surface area contributed by atoms with Gasteiger partial charge in [0.15, 0.2) is 5.76 Å².